The minimum atomic E-state index is -0.588. The van der Waals surface area contributed by atoms with Crippen LogP contribution in [-0.4, -0.2) is 10.2 Å². The van der Waals surface area contributed by atoms with E-state index in [9.17, 15) is 10.1 Å². The molecular weight excluding hydrogens is 312 g/mol. The molecule has 0 bridgehead atoms. The number of fused-ring (bicyclic) bond motifs is 1. The Morgan fingerprint density at radius 1 is 1.26 bits per heavy atom. The summed E-state index contributed by atoms with van der Waals surface area (Å²) in [6, 6.07) is 12.0. The van der Waals surface area contributed by atoms with Crippen LogP contribution in [0.4, 0.5) is 0 Å². The van der Waals surface area contributed by atoms with Crippen LogP contribution in [-0.2, 0) is 0 Å². The second kappa shape index (κ2) is 5.29. The first-order valence-corrected chi connectivity index (χ1v) is 7.56. The Labute approximate surface area is 139 Å². The van der Waals surface area contributed by atoms with Crippen molar-refractivity contribution >= 4 is 17.3 Å². The molecule has 5 heteroatoms. The third kappa shape index (κ3) is 2.43. The van der Waals surface area contributed by atoms with Crippen LogP contribution in [0.15, 0.2) is 46.8 Å². The molecule has 1 aliphatic rings. The maximum Gasteiger partial charge on any atom is 0.256 e. The van der Waals surface area contributed by atoms with Crippen LogP contribution < -0.4 is 10.3 Å². The fourth-order valence-corrected chi connectivity index (χ4v) is 2.92. The van der Waals surface area contributed by atoms with Crippen LogP contribution >= 0.6 is 11.6 Å². The van der Waals surface area contributed by atoms with E-state index in [-0.39, 0.29) is 5.56 Å². The molecule has 0 atom stereocenters. The SMILES string of the molecule is CC1=C(n2c(Cl)cccc2=O)c2cc(C#N)ccc2OC1(C)C. The summed E-state index contributed by atoms with van der Waals surface area (Å²) in [5.74, 6) is 0.626. The van der Waals surface area contributed by atoms with Crippen LogP contribution in [0.2, 0.25) is 5.15 Å². The van der Waals surface area contributed by atoms with E-state index in [2.05, 4.69) is 6.07 Å². The van der Waals surface area contributed by atoms with E-state index >= 15 is 0 Å². The fraction of sp³-hybridized carbons (Fsp3) is 0.222. The highest BCUT2D eigenvalue weighted by Crippen LogP contribution is 2.41. The Morgan fingerprint density at radius 3 is 2.65 bits per heavy atom. The lowest BCUT2D eigenvalue weighted by Crippen LogP contribution is -2.36. The highest BCUT2D eigenvalue weighted by atomic mass is 35.5. The van der Waals surface area contributed by atoms with Crippen molar-refractivity contribution in [3.8, 4) is 11.8 Å². The van der Waals surface area contributed by atoms with E-state index in [0.29, 0.717) is 27.7 Å². The molecule has 4 nitrogen and oxygen atoms in total. The van der Waals surface area contributed by atoms with Crippen LogP contribution in [0.3, 0.4) is 0 Å². The number of benzene rings is 1. The maximum atomic E-state index is 12.4. The van der Waals surface area contributed by atoms with Gasteiger partial charge >= 0.3 is 0 Å². The van der Waals surface area contributed by atoms with Gasteiger partial charge in [-0.15, -0.1) is 0 Å². The van der Waals surface area contributed by atoms with Gasteiger partial charge in [-0.3, -0.25) is 9.36 Å². The molecule has 23 heavy (non-hydrogen) atoms. The fourth-order valence-electron chi connectivity index (χ4n) is 2.68. The average molecular weight is 327 g/mol. The van der Waals surface area contributed by atoms with Crippen LogP contribution in [0.25, 0.3) is 5.70 Å². The van der Waals surface area contributed by atoms with E-state index < -0.39 is 5.60 Å². The summed E-state index contributed by atoms with van der Waals surface area (Å²) in [5, 5.41) is 9.49. The first-order valence-electron chi connectivity index (χ1n) is 7.18. The lowest BCUT2D eigenvalue weighted by Gasteiger charge is -2.36. The standard InChI is InChI=1S/C18H15ClN2O2/c1-11-17(21-15(19)5-4-6-16(21)22)13-9-12(10-20)7-8-14(13)23-18(11,2)3/h4-9H,1-3H3. The average Bonchev–Trinajstić information content (AvgIpc) is 2.50. The number of halogens is 1. The number of rotatable bonds is 1. The third-order valence-corrected chi connectivity index (χ3v) is 4.41. The van der Waals surface area contributed by atoms with Gasteiger partial charge in [0.2, 0.25) is 0 Å². The van der Waals surface area contributed by atoms with Gasteiger partial charge in [-0.25, -0.2) is 0 Å². The van der Waals surface area contributed by atoms with Gasteiger partial charge in [0.1, 0.15) is 16.5 Å². The molecule has 0 fully saturated rings. The third-order valence-electron chi connectivity index (χ3n) is 4.12. The molecule has 2 aromatic rings. The Balaban J connectivity index is 2.42. The molecule has 0 amide bonds. The van der Waals surface area contributed by atoms with Gasteiger partial charge in [0.05, 0.1) is 17.3 Å². The first kappa shape index (κ1) is 15.4. The highest BCUT2D eigenvalue weighted by molar-refractivity contribution is 6.30. The van der Waals surface area contributed by atoms with Crippen LogP contribution in [0.1, 0.15) is 31.9 Å². The molecule has 0 saturated heterocycles. The maximum absolute atomic E-state index is 12.4. The van der Waals surface area contributed by atoms with Gasteiger partial charge < -0.3 is 4.74 Å². The highest BCUT2D eigenvalue weighted by Gasteiger charge is 2.34. The number of aromatic nitrogens is 1. The van der Waals surface area contributed by atoms with Crippen molar-refractivity contribution in [3.05, 3.63) is 68.6 Å². The van der Waals surface area contributed by atoms with Crippen molar-refractivity contribution < 1.29 is 4.74 Å². The molecule has 116 valence electrons. The quantitative estimate of drug-likeness (QED) is 0.748. The van der Waals surface area contributed by atoms with Gasteiger partial charge in [-0.05, 0) is 50.6 Å². The second-order valence-corrected chi connectivity index (χ2v) is 6.32. The summed E-state index contributed by atoms with van der Waals surface area (Å²) in [5.41, 5.74) is 1.92. The summed E-state index contributed by atoms with van der Waals surface area (Å²) in [6.45, 7) is 5.78. The molecule has 1 aromatic carbocycles. The molecule has 0 unspecified atom stereocenters. The van der Waals surface area contributed by atoms with E-state index in [1.165, 1.54) is 10.6 Å². The van der Waals surface area contributed by atoms with E-state index in [0.717, 1.165) is 5.57 Å². The molecule has 1 aliphatic heterocycles. The molecule has 3 rings (SSSR count). The van der Waals surface area contributed by atoms with Crippen molar-refractivity contribution in [1.29, 1.82) is 5.26 Å². The number of hydrogen-bond donors (Lipinski definition) is 0. The van der Waals surface area contributed by atoms with Crippen molar-refractivity contribution in [2.75, 3.05) is 0 Å². The lowest BCUT2D eigenvalue weighted by atomic mass is 9.90. The number of hydrogen-bond acceptors (Lipinski definition) is 3. The zero-order valence-corrected chi connectivity index (χ0v) is 13.8. The summed E-state index contributed by atoms with van der Waals surface area (Å²) in [7, 11) is 0. The lowest BCUT2D eigenvalue weighted by molar-refractivity contribution is 0.143. The summed E-state index contributed by atoms with van der Waals surface area (Å²) >= 11 is 6.28. The minimum Gasteiger partial charge on any atom is -0.483 e. The van der Waals surface area contributed by atoms with Crippen LogP contribution in [0, 0.1) is 11.3 Å². The molecule has 0 radical (unpaired) electrons. The summed E-state index contributed by atoms with van der Waals surface area (Å²) < 4.78 is 7.50. The normalized spacial score (nSPS) is 15.6. The van der Waals surface area contributed by atoms with Gasteiger partial charge in [0.15, 0.2) is 0 Å². The van der Waals surface area contributed by atoms with Crippen molar-refractivity contribution in [3.63, 3.8) is 0 Å². The van der Waals surface area contributed by atoms with Crippen molar-refractivity contribution in [2.45, 2.75) is 26.4 Å². The molecule has 0 N–H and O–H groups in total. The molecule has 0 spiro atoms. The second-order valence-electron chi connectivity index (χ2n) is 5.93. The molecule has 1 aromatic heterocycles. The summed E-state index contributed by atoms with van der Waals surface area (Å²) in [6.07, 6.45) is 0. The van der Waals surface area contributed by atoms with E-state index in [4.69, 9.17) is 16.3 Å². The Kier molecular flexibility index (Phi) is 3.54. The van der Waals surface area contributed by atoms with E-state index in [1.807, 2.05) is 20.8 Å². The zero-order chi connectivity index (χ0) is 16.8. The van der Waals surface area contributed by atoms with Crippen molar-refractivity contribution in [1.82, 2.24) is 4.57 Å². The number of pyridine rings is 1. The molecular formula is C18H15ClN2O2. The van der Waals surface area contributed by atoms with Crippen LogP contribution in [0.5, 0.6) is 5.75 Å². The predicted molar refractivity (Wildman–Crippen MR) is 89.6 cm³/mol. The number of nitrogens with zero attached hydrogens (tertiary/aromatic N) is 2. The predicted octanol–water partition coefficient (Wildman–Crippen LogP) is 3.82. The molecule has 0 saturated carbocycles. The topological polar surface area (TPSA) is 55.0 Å². The van der Waals surface area contributed by atoms with Crippen molar-refractivity contribution in [2.24, 2.45) is 0 Å². The van der Waals surface area contributed by atoms with Gasteiger partial charge in [-0.2, -0.15) is 5.26 Å². The molecule has 2 heterocycles. The van der Waals surface area contributed by atoms with Gasteiger partial charge in [0, 0.05) is 11.6 Å². The number of nitriles is 1. The first-order chi connectivity index (χ1) is 10.8. The zero-order valence-electron chi connectivity index (χ0n) is 13.1. The molecule has 0 aliphatic carbocycles. The largest absolute Gasteiger partial charge is 0.483 e. The van der Waals surface area contributed by atoms with Gasteiger partial charge in [0.25, 0.3) is 5.56 Å². The Hall–Kier alpha value is -2.51. The monoisotopic (exact) mass is 326 g/mol. The minimum absolute atomic E-state index is 0.224. The summed E-state index contributed by atoms with van der Waals surface area (Å²) in [4.78, 5) is 12.4. The van der Waals surface area contributed by atoms with Gasteiger partial charge in [-0.1, -0.05) is 17.7 Å². The Bertz CT molecular complexity index is 933. The Morgan fingerprint density at radius 2 is 2.00 bits per heavy atom. The van der Waals surface area contributed by atoms with E-state index in [1.54, 1.807) is 30.3 Å². The smallest absolute Gasteiger partial charge is 0.256 e. The number of ether oxygens (including phenoxy) is 1.